The highest BCUT2D eigenvalue weighted by Crippen LogP contribution is 2.34. The molecule has 2 aromatic heterocycles. The van der Waals surface area contributed by atoms with Crippen LogP contribution in [0.1, 0.15) is 12.0 Å². The predicted octanol–water partition coefficient (Wildman–Crippen LogP) is 2.50. The predicted molar refractivity (Wildman–Crippen MR) is 134 cm³/mol. The molecule has 1 aromatic carbocycles. The highest BCUT2D eigenvalue weighted by Gasteiger charge is 2.18. The number of ether oxygens (including phenoxy) is 2. The summed E-state index contributed by atoms with van der Waals surface area (Å²) in [6.45, 7) is 0.452. The molecule has 0 spiro atoms. The molecule has 0 fully saturated rings. The number of benzene rings is 1. The number of pyridine rings is 2. The molecule has 1 aliphatic heterocycles. The van der Waals surface area contributed by atoms with Gasteiger partial charge in [-0.2, -0.15) is 4.98 Å². The molecule has 4 bridgehead atoms. The summed E-state index contributed by atoms with van der Waals surface area (Å²) in [5.74, 6) is -0.790. The maximum atomic E-state index is 14.7. The van der Waals surface area contributed by atoms with E-state index in [0.717, 1.165) is 6.20 Å². The zero-order valence-corrected chi connectivity index (χ0v) is 21.6. The van der Waals surface area contributed by atoms with Crippen molar-refractivity contribution in [2.45, 2.75) is 12.2 Å². The number of aromatic nitrogens is 2. The fourth-order valence-electron chi connectivity index (χ4n) is 3.68. The van der Waals surface area contributed by atoms with E-state index in [-0.39, 0.29) is 60.1 Å². The van der Waals surface area contributed by atoms with Crippen molar-refractivity contribution in [3.63, 3.8) is 0 Å². The lowest BCUT2D eigenvalue weighted by Gasteiger charge is -2.16. The average molecular weight is 555 g/mol. The van der Waals surface area contributed by atoms with E-state index >= 15 is 0 Å². The molecule has 14 heteroatoms. The lowest BCUT2D eigenvalue weighted by atomic mass is 10.0. The summed E-state index contributed by atoms with van der Waals surface area (Å²) in [4.78, 5) is 8.43. The third-order valence-corrected chi connectivity index (χ3v) is 8.95. The number of nitrogens with zero attached hydrogens (tertiary/aromatic N) is 3. The van der Waals surface area contributed by atoms with Gasteiger partial charge < -0.3 is 20.5 Å². The fourth-order valence-corrected chi connectivity index (χ4v) is 7.26. The normalized spacial score (nSPS) is 15.1. The van der Waals surface area contributed by atoms with Crippen LogP contribution in [0.3, 0.4) is 0 Å². The van der Waals surface area contributed by atoms with E-state index in [2.05, 4.69) is 24.8 Å². The van der Waals surface area contributed by atoms with E-state index in [4.69, 9.17) is 9.47 Å². The van der Waals surface area contributed by atoms with Gasteiger partial charge in [-0.25, -0.2) is 26.4 Å². The van der Waals surface area contributed by atoms with Crippen molar-refractivity contribution in [2.24, 2.45) is 3.77 Å². The maximum Gasteiger partial charge on any atom is 0.266 e. The topological polar surface area (TPSA) is 147 Å². The number of halogens is 2. The molecule has 4 rings (SSSR count). The van der Waals surface area contributed by atoms with Gasteiger partial charge in [0.15, 0.2) is 0 Å². The largest absolute Gasteiger partial charge is 0.493 e. The second-order valence-corrected chi connectivity index (χ2v) is 12.8. The van der Waals surface area contributed by atoms with Crippen molar-refractivity contribution >= 4 is 31.4 Å². The van der Waals surface area contributed by atoms with Crippen LogP contribution >= 0.6 is 0 Å². The average Bonchev–Trinajstić information content (AvgIpc) is 2.78. The fraction of sp³-hybridized carbons (Fsp3) is 0.304. The van der Waals surface area contributed by atoms with E-state index in [9.17, 15) is 21.4 Å². The Labute approximate surface area is 213 Å². The molecular formula is C23H26F2N5O5S2+. The summed E-state index contributed by atoms with van der Waals surface area (Å²) >= 11 is 0. The molecule has 0 saturated carbocycles. The number of fused-ring (bicyclic) bond motifs is 6. The van der Waals surface area contributed by atoms with Gasteiger partial charge in [0.05, 0.1) is 41.4 Å². The van der Waals surface area contributed by atoms with Gasteiger partial charge in [0.25, 0.3) is 10.0 Å². The molecule has 1 aliphatic rings. The van der Waals surface area contributed by atoms with Gasteiger partial charge in [0.1, 0.15) is 34.8 Å². The van der Waals surface area contributed by atoms with Gasteiger partial charge in [0.2, 0.25) is 5.88 Å². The number of quaternary nitrogens is 1. The summed E-state index contributed by atoms with van der Waals surface area (Å²) < 4.78 is 80.8. The molecule has 0 amide bonds. The molecule has 3 aromatic rings. The van der Waals surface area contributed by atoms with Gasteiger partial charge in [-0.3, -0.25) is 0 Å². The van der Waals surface area contributed by atoms with Crippen molar-refractivity contribution in [2.75, 3.05) is 37.1 Å². The van der Waals surface area contributed by atoms with Crippen LogP contribution < -0.4 is 20.5 Å². The second-order valence-electron chi connectivity index (χ2n) is 8.38. The number of anilines is 2. The number of hydrogen-bond acceptors (Lipinski definition) is 8. The first kappa shape index (κ1) is 26.7. The van der Waals surface area contributed by atoms with Gasteiger partial charge in [-0.1, -0.05) is 0 Å². The Morgan fingerprint density at radius 1 is 1.05 bits per heavy atom. The number of rotatable bonds is 5. The first-order valence-corrected chi connectivity index (χ1v) is 15.0. The van der Waals surface area contributed by atoms with Crippen molar-refractivity contribution in [3.8, 4) is 22.8 Å². The number of sulfonamides is 1. The summed E-state index contributed by atoms with van der Waals surface area (Å²) in [7, 11) is -7.04. The highest BCUT2D eigenvalue weighted by molar-refractivity contribution is 8.02. The van der Waals surface area contributed by atoms with Crippen molar-refractivity contribution < 1.29 is 36.6 Å². The van der Waals surface area contributed by atoms with Gasteiger partial charge in [0, 0.05) is 35.9 Å². The Bertz CT molecular complexity index is 1540. The SMILES string of the molecule is CS(=O)(Cc1cc2nc(c1)OCCCOc1cc(F)ccc1-c1cc(ncc1F)N2)=NS(=O)(=O)CC[NH3+]. The molecule has 0 saturated heterocycles. The standard InChI is InChI=1S/C23H25F2N5O5S2/c1-36(31,30-37(32,33)8-5-26)14-15-9-22-28-21-12-18(19(25)13-27-21)17-4-3-16(24)11-20(17)34-6-2-7-35-23(10-15)29-22/h3-4,9-13H,2,5-8,14,26H2,1H3,(H,27,28,29)/p+1. The minimum absolute atomic E-state index is 0.110. The lowest BCUT2D eigenvalue weighted by Crippen LogP contribution is -2.52. The smallest absolute Gasteiger partial charge is 0.266 e. The van der Waals surface area contributed by atoms with Crippen LogP contribution in [0.25, 0.3) is 11.1 Å². The van der Waals surface area contributed by atoms with Gasteiger partial charge in [-0.15, -0.1) is 3.77 Å². The Morgan fingerprint density at radius 3 is 2.62 bits per heavy atom. The molecule has 4 N–H and O–H groups in total. The molecule has 1 unspecified atom stereocenters. The van der Waals surface area contributed by atoms with E-state index in [1.807, 2.05) is 0 Å². The second kappa shape index (κ2) is 10.9. The van der Waals surface area contributed by atoms with Crippen LogP contribution in [0.2, 0.25) is 0 Å². The Kier molecular flexibility index (Phi) is 7.90. The zero-order valence-electron chi connectivity index (χ0n) is 19.9. The molecule has 0 radical (unpaired) electrons. The highest BCUT2D eigenvalue weighted by atomic mass is 32.3. The van der Waals surface area contributed by atoms with E-state index in [0.29, 0.717) is 17.5 Å². The maximum absolute atomic E-state index is 14.7. The van der Waals surface area contributed by atoms with Gasteiger partial charge in [-0.05, 0) is 29.8 Å². The molecule has 3 heterocycles. The zero-order chi connectivity index (χ0) is 26.6. The Morgan fingerprint density at radius 2 is 1.84 bits per heavy atom. The van der Waals surface area contributed by atoms with Crippen molar-refractivity contribution in [1.82, 2.24) is 9.97 Å². The lowest BCUT2D eigenvalue weighted by molar-refractivity contribution is -0.360. The quantitative estimate of drug-likeness (QED) is 0.489. The Hall–Kier alpha value is -3.36. The third kappa shape index (κ3) is 7.11. The summed E-state index contributed by atoms with van der Waals surface area (Å²) in [6.07, 6.45) is 2.68. The van der Waals surface area contributed by atoms with Crippen LogP contribution in [0.15, 0.2) is 46.4 Å². The van der Waals surface area contributed by atoms with Crippen molar-refractivity contribution in [1.29, 1.82) is 0 Å². The van der Waals surface area contributed by atoms with Crippen LogP contribution in [-0.4, -0.2) is 54.4 Å². The van der Waals surface area contributed by atoms with E-state index in [1.165, 1.54) is 30.5 Å². The Balaban J connectivity index is 1.74. The minimum Gasteiger partial charge on any atom is -0.493 e. The molecule has 198 valence electrons. The minimum atomic E-state index is -3.89. The first-order chi connectivity index (χ1) is 17.5. The monoisotopic (exact) mass is 554 g/mol. The molecular weight excluding hydrogens is 528 g/mol. The van der Waals surface area contributed by atoms with Crippen LogP contribution in [0.4, 0.5) is 20.4 Å². The summed E-state index contributed by atoms with van der Waals surface area (Å²) in [6, 6.07) is 8.36. The molecule has 0 aliphatic carbocycles. The first-order valence-electron chi connectivity index (χ1n) is 11.3. The summed E-state index contributed by atoms with van der Waals surface area (Å²) in [5, 5.41) is 2.97. The number of nitrogens with one attached hydrogen (secondary N) is 1. The van der Waals surface area contributed by atoms with Crippen LogP contribution in [0.5, 0.6) is 11.6 Å². The van der Waals surface area contributed by atoms with E-state index < -0.39 is 31.4 Å². The van der Waals surface area contributed by atoms with Gasteiger partial charge >= 0.3 is 0 Å². The molecule has 10 nitrogen and oxygen atoms in total. The summed E-state index contributed by atoms with van der Waals surface area (Å²) in [5.41, 5.74) is 4.45. The van der Waals surface area contributed by atoms with E-state index in [1.54, 1.807) is 12.1 Å². The van der Waals surface area contributed by atoms with Crippen LogP contribution in [-0.2, 0) is 25.5 Å². The number of hydrogen-bond donors (Lipinski definition) is 2. The van der Waals surface area contributed by atoms with Crippen molar-refractivity contribution in [3.05, 3.63) is 59.8 Å². The molecule has 37 heavy (non-hydrogen) atoms. The van der Waals surface area contributed by atoms with Crippen LogP contribution in [0, 0.1) is 11.6 Å². The third-order valence-electron chi connectivity index (χ3n) is 5.11. The molecule has 1 atom stereocenters.